The smallest absolute Gasteiger partial charge is 0.164 e. The highest BCUT2D eigenvalue weighted by molar-refractivity contribution is 5.51. The van der Waals surface area contributed by atoms with Crippen LogP contribution in [0.3, 0.4) is 0 Å². The van der Waals surface area contributed by atoms with Crippen LogP contribution in [0, 0.1) is 0 Å². The van der Waals surface area contributed by atoms with Crippen molar-refractivity contribution < 1.29 is 14.6 Å². The highest BCUT2D eigenvalue weighted by Gasteiger charge is 2.15. The second-order valence-electron chi connectivity index (χ2n) is 2.73. The quantitative estimate of drug-likeness (QED) is 0.684. The molecule has 1 aromatic carbocycles. The number of methoxy groups -OCH3 is 1. The molecule has 1 aromatic rings. The molecular formula is C9H10O3. The van der Waals surface area contributed by atoms with E-state index in [2.05, 4.69) is 0 Å². The van der Waals surface area contributed by atoms with Gasteiger partial charge in [0.25, 0.3) is 0 Å². The molecule has 0 unspecified atom stereocenters. The molecule has 0 spiro atoms. The Morgan fingerprint density at radius 1 is 1.50 bits per heavy atom. The molecule has 0 aromatic heterocycles. The molecule has 1 N–H and O–H groups in total. The lowest BCUT2D eigenvalue weighted by atomic mass is 10.1. The molecular weight excluding hydrogens is 156 g/mol. The normalized spacial score (nSPS) is 13.8. The number of benzene rings is 1. The second kappa shape index (κ2) is 2.59. The summed E-state index contributed by atoms with van der Waals surface area (Å²) in [4.78, 5) is 0. The summed E-state index contributed by atoms with van der Waals surface area (Å²) < 4.78 is 10.2. The Kier molecular flexibility index (Phi) is 1.57. The third kappa shape index (κ3) is 0.978. The Morgan fingerprint density at radius 3 is 3.08 bits per heavy atom. The fraction of sp³-hybridized carbons (Fsp3) is 0.333. The van der Waals surface area contributed by atoms with E-state index < -0.39 is 0 Å². The highest BCUT2D eigenvalue weighted by atomic mass is 16.5. The van der Waals surface area contributed by atoms with Crippen LogP contribution >= 0.6 is 0 Å². The molecule has 2 rings (SSSR count). The van der Waals surface area contributed by atoms with Gasteiger partial charge in [-0.3, -0.25) is 0 Å². The minimum Gasteiger partial charge on any atom is -0.504 e. The maximum atomic E-state index is 9.39. The van der Waals surface area contributed by atoms with E-state index in [4.69, 9.17) is 9.47 Å². The molecule has 0 bridgehead atoms. The van der Waals surface area contributed by atoms with Gasteiger partial charge in [-0.1, -0.05) is 0 Å². The number of fused-ring (bicyclic) bond motifs is 1. The number of hydrogen-bond donors (Lipinski definition) is 1. The minimum absolute atomic E-state index is 0.182. The monoisotopic (exact) mass is 166 g/mol. The Labute approximate surface area is 70.5 Å². The summed E-state index contributed by atoms with van der Waals surface area (Å²) in [5.74, 6) is 1.47. The number of rotatable bonds is 1. The van der Waals surface area contributed by atoms with E-state index in [0.717, 1.165) is 17.7 Å². The van der Waals surface area contributed by atoms with Crippen LogP contribution in [-0.4, -0.2) is 18.8 Å². The zero-order valence-electron chi connectivity index (χ0n) is 6.83. The van der Waals surface area contributed by atoms with Crippen LogP contribution in [0.15, 0.2) is 12.1 Å². The van der Waals surface area contributed by atoms with Gasteiger partial charge >= 0.3 is 0 Å². The third-order valence-corrected chi connectivity index (χ3v) is 1.99. The number of hydrogen-bond acceptors (Lipinski definition) is 3. The predicted octanol–water partition coefficient (Wildman–Crippen LogP) is 1.34. The van der Waals surface area contributed by atoms with E-state index in [1.54, 1.807) is 12.1 Å². The van der Waals surface area contributed by atoms with Crippen molar-refractivity contribution in [3.8, 4) is 17.2 Å². The third-order valence-electron chi connectivity index (χ3n) is 1.99. The first kappa shape index (κ1) is 7.28. The van der Waals surface area contributed by atoms with Crippen molar-refractivity contribution in [2.45, 2.75) is 6.42 Å². The predicted molar refractivity (Wildman–Crippen MR) is 43.9 cm³/mol. The standard InChI is InChI=1S/C9H10O3/c1-11-9-5-8-6(2-3-12-8)4-7(9)10/h4-5,10H,2-3H2,1H3. The van der Waals surface area contributed by atoms with Gasteiger partial charge in [0.15, 0.2) is 11.5 Å². The summed E-state index contributed by atoms with van der Waals surface area (Å²) in [5.41, 5.74) is 1.05. The maximum absolute atomic E-state index is 9.39. The first-order chi connectivity index (χ1) is 5.81. The van der Waals surface area contributed by atoms with Crippen molar-refractivity contribution in [3.63, 3.8) is 0 Å². The lowest BCUT2D eigenvalue weighted by molar-refractivity contribution is 0.347. The summed E-state index contributed by atoms with van der Waals surface area (Å²) in [5, 5.41) is 9.39. The van der Waals surface area contributed by atoms with Crippen LogP contribution in [0.5, 0.6) is 17.2 Å². The molecule has 1 aliphatic heterocycles. The Hall–Kier alpha value is -1.38. The molecule has 0 radical (unpaired) electrons. The number of phenolic OH excluding ortho intramolecular Hbond substituents is 1. The molecule has 1 heterocycles. The topological polar surface area (TPSA) is 38.7 Å². The molecule has 64 valence electrons. The lowest BCUT2D eigenvalue weighted by Crippen LogP contribution is -1.87. The molecule has 0 saturated heterocycles. The highest BCUT2D eigenvalue weighted by Crippen LogP contribution is 2.36. The molecule has 0 atom stereocenters. The van der Waals surface area contributed by atoms with Gasteiger partial charge in [0.1, 0.15) is 5.75 Å². The first-order valence-electron chi connectivity index (χ1n) is 3.84. The van der Waals surface area contributed by atoms with Crippen LogP contribution in [0.25, 0.3) is 0 Å². The molecule has 12 heavy (non-hydrogen) atoms. The SMILES string of the molecule is COc1cc2c(cc1O)CCO2. The summed E-state index contributed by atoms with van der Waals surface area (Å²) in [7, 11) is 1.52. The average molecular weight is 166 g/mol. The minimum atomic E-state index is 0.182. The number of phenols is 1. The van der Waals surface area contributed by atoms with Gasteiger partial charge in [0.05, 0.1) is 13.7 Å². The van der Waals surface area contributed by atoms with Crippen LogP contribution in [0.1, 0.15) is 5.56 Å². The van der Waals surface area contributed by atoms with Crippen LogP contribution in [0.4, 0.5) is 0 Å². The van der Waals surface area contributed by atoms with Gasteiger partial charge in [-0.05, 0) is 6.07 Å². The van der Waals surface area contributed by atoms with Crippen molar-refractivity contribution in [1.82, 2.24) is 0 Å². The van der Waals surface area contributed by atoms with Gasteiger partial charge in [-0.25, -0.2) is 0 Å². The van der Waals surface area contributed by atoms with Crippen molar-refractivity contribution in [2.24, 2.45) is 0 Å². The van der Waals surface area contributed by atoms with E-state index >= 15 is 0 Å². The molecule has 3 heteroatoms. The molecule has 0 saturated carbocycles. The molecule has 1 aliphatic rings. The number of aromatic hydroxyl groups is 1. The molecule has 0 amide bonds. The largest absolute Gasteiger partial charge is 0.504 e. The van der Waals surface area contributed by atoms with Crippen molar-refractivity contribution in [1.29, 1.82) is 0 Å². The first-order valence-corrected chi connectivity index (χ1v) is 3.84. The van der Waals surface area contributed by atoms with Gasteiger partial charge in [-0.15, -0.1) is 0 Å². The molecule has 3 nitrogen and oxygen atoms in total. The summed E-state index contributed by atoms with van der Waals surface area (Å²) in [6.45, 7) is 0.696. The zero-order chi connectivity index (χ0) is 8.55. The number of ether oxygens (including phenoxy) is 2. The fourth-order valence-electron chi connectivity index (χ4n) is 1.36. The molecule has 0 fully saturated rings. The second-order valence-corrected chi connectivity index (χ2v) is 2.73. The summed E-state index contributed by atoms with van der Waals surface area (Å²) >= 11 is 0. The van der Waals surface area contributed by atoms with E-state index in [0.29, 0.717) is 12.4 Å². The Bertz CT molecular complexity index is 306. The zero-order valence-corrected chi connectivity index (χ0v) is 6.83. The van der Waals surface area contributed by atoms with Gasteiger partial charge in [0.2, 0.25) is 0 Å². The lowest BCUT2D eigenvalue weighted by Gasteiger charge is -2.05. The Balaban J connectivity index is 2.49. The average Bonchev–Trinajstić information content (AvgIpc) is 2.49. The van der Waals surface area contributed by atoms with Crippen molar-refractivity contribution in [3.05, 3.63) is 17.7 Å². The van der Waals surface area contributed by atoms with Gasteiger partial charge < -0.3 is 14.6 Å². The van der Waals surface area contributed by atoms with Gasteiger partial charge in [-0.2, -0.15) is 0 Å². The Morgan fingerprint density at radius 2 is 2.33 bits per heavy atom. The van der Waals surface area contributed by atoms with E-state index in [1.165, 1.54) is 7.11 Å². The maximum Gasteiger partial charge on any atom is 0.164 e. The summed E-state index contributed by atoms with van der Waals surface area (Å²) in [6, 6.07) is 3.42. The van der Waals surface area contributed by atoms with E-state index in [-0.39, 0.29) is 5.75 Å². The van der Waals surface area contributed by atoms with Crippen LogP contribution in [0.2, 0.25) is 0 Å². The van der Waals surface area contributed by atoms with Gasteiger partial charge in [0, 0.05) is 18.1 Å². The molecule has 0 aliphatic carbocycles. The van der Waals surface area contributed by atoms with E-state index in [9.17, 15) is 5.11 Å². The van der Waals surface area contributed by atoms with E-state index in [1.807, 2.05) is 0 Å². The van der Waals surface area contributed by atoms with Crippen molar-refractivity contribution in [2.75, 3.05) is 13.7 Å². The van der Waals surface area contributed by atoms with Crippen LogP contribution < -0.4 is 9.47 Å². The van der Waals surface area contributed by atoms with Crippen LogP contribution in [-0.2, 0) is 6.42 Å². The summed E-state index contributed by atoms with van der Waals surface area (Å²) in [6.07, 6.45) is 0.868. The van der Waals surface area contributed by atoms with Crippen molar-refractivity contribution >= 4 is 0 Å². The fourth-order valence-corrected chi connectivity index (χ4v) is 1.36.